The van der Waals surface area contributed by atoms with E-state index >= 15 is 0 Å². The second-order valence-electron chi connectivity index (χ2n) is 6.06. The van der Waals surface area contributed by atoms with Crippen LogP contribution in [0.15, 0.2) is 34.9 Å². The van der Waals surface area contributed by atoms with Crippen molar-refractivity contribution in [1.29, 1.82) is 0 Å². The summed E-state index contributed by atoms with van der Waals surface area (Å²) < 4.78 is 11.1. The molecule has 7 nitrogen and oxygen atoms in total. The van der Waals surface area contributed by atoms with Gasteiger partial charge in [-0.15, -0.1) is 0 Å². The Balaban J connectivity index is 1.53. The van der Waals surface area contributed by atoms with Crippen LogP contribution in [0.5, 0.6) is 0 Å². The molecular weight excluding hydrogens is 360 g/mol. The maximum atomic E-state index is 12.4. The van der Waals surface area contributed by atoms with Crippen LogP contribution in [0.1, 0.15) is 18.7 Å². The van der Waals surface area contributed by atoms with Gasteiger partial charge in [0.1, 0.15) is 0 Å². The quantitative estimate of drug-likeness (QED) is 0.830. The Morgan fingerprint density at radius 2 is 2.08 bits per heavy atom. The Bertz CT molecular complexity index is 774. The summed E-state index contributed by atoms with van der Waals surface area (Å²) in [6.45, 7) is 1.12. The van der Waals surface area contributed by atoms with E-state index in [-0.39, 0.29) is 18.7 Å². The molecule has 1 N–H and O–H groups in total. The lowest BCUT2D eigenvalue weighted by atomic mass is 10.2. The second kappa shape index (κ2) is 8.33. The molecule has 1 aliphatic rings. The number of nitrogens with zero attached hydrogens (tertiary/aromatic N) is 2. The summed E-state index contributed by atoms with van der Waals surface area (Å²) in [6, 6.07) is 7.23. The SMILES string of the molecule is O=C(O)C[C@H]1CN(C(=O)CCc2ncc(-c3ccc(Cl)cc3)o2)CCO1. The maximum Gasteiger partial charge on any atom is 0.306 e. The summed E-state index contributed by atoms with van der Waals surface area (Å²) in [5.41, 5.74) is 0.865. The van der Waals surface area contributed by atoms with Crippen molar-refractivity contribution >= 4 is 23.5 Å². The second-order valence-corrected chi connectivity index (χ2v) is 6.49. The van der Waals surface area contributed by atoms with Gasteiger partial charge in [0.2, 0.25) is 5.91 Å². The predicted molar refractivity (Wildman–Crippen MR) is 93.8 cm³/mol. The first-order valence-corrected chi connectivity index (χ1v) is 8.71. The molecule has 1 fully saturated rings. The first kappa shape index (κ1) is 18.4. The average molecular weight is 379 g/mol. The number of carboxylic acids is 1. The molecule has 138 valence electrons. The highest BCUT2D eigenvalue weighted by atomic mass is 35.5. The zero-order valence-corrected chi connectivity index (χ0v) is 14.8. The van der Waals surface area contributed by atoms with Gasteiger partial charge in [-0.1, -0.05) is 11.6 Å². The van der Waals surface area contributed by atoms with Gasteiger partial charge in [-0.05, 0) is 24.3 Å². The van der Waals surface area contributed by atoms with Crippen LogP contribution in [-0.2, 0) is 20.7 Å². The smallest absolute Gasteiger partial charge is 0.306 e. The van der Waals surface area contributed by atoms with E-state index in [2.05, 4.69) is 4.98 Å². The summed E-state index contributed by atoms with van der Waals surface area (Å²) in [5, 5.41) is 9.49. The fraction of sp³-hybridized carbons (Fsp3) is 0.389. The minimum Gasteiger partial charge on any atom is -0.481 e. The summed E-state index contributed by atoms with van der Waals surface area (Å²) in [6.07, 6.45) is 1.70. The van der Waals surface area contributed by atoms with E-state index in [0.717, 1.165) is 5.56 Å². The van der Waals surface area contributed by atoms with E-state index in [1.54, 1.807) is 23.2 Å². The third kappa shape index (κ3) is 4.83. The molecule has 8 heteroatoms. The Morgan fingerprint density at radius 1 is 1.31 bits per heavy atom. The normalized spacial score (nSPS) is 17.3. The molecule has 2 heterocycles. The van der Waals surface area contributed by atoms with E-state index < -0.39 is 12.1 Å². The van der Waals surface area contributed by atoms with E-state index in [4.69, 9.17) is 25.9 Å². The van der Waals surface area contributed by atoms with E-state index in [1.807, 2.05) is 12.1 Å². The first-order chi connectivity index (χ1) is 12.5. The monoisotopic (exact) mass is 378 g/mol. The number of carboxylic acid groups (broad SMARTS) is 1. The molecule has 1 aliphatic heterocycles. The van der Waals surface area contributed by atoms with Gasteiger partial charge in [0.25, 0.3) is 0 Å². The number of benzene rings is 1. The van der Waals surface area contributed by atoms with Crippen LogP contribution in [0.25, 0.3) is 11.3 Å². The van der Waals surface area contributed by atoms with Gasteiger partial charge in [-0.25, -0.2) is 4.98 Å². The molecule has 1 aromatic carbocycles. The number of oxazole rings is 1. The molecule has 1 aromatic heterocycles. The Kier molecular flexibility index (Phi) is 5.90. The van der Waals surface area contributed by atoms with Crippen LogP contribution in [-0.4, -0.2) is 52.7 Å². The standard InChI is InChI=1S/C18H19ClN2O5/c19-13-3-1-12(2-4-13)15-10-20-16(26-15)5-6-17(22)21-7-8-25-14(11-21)9-18(23)24/h1-4,10,14H,5-9,11H2,(H,23,24)/t14-/m0/s1. The molecule has 1 atom stereocenters. The van der Waals surface area contributed by atoms with Crippen molar-refractivity contribution in [2.45, 2.75) is 25.4 Å². The van der Waals surface area contributed by atoms with E-state index in [0.29, 0.717) is 42.8 Å². The fourth-order valence-corrected chi connectivity index (χ4v) is 2.94. The van der Waals surface area contributed by atoms with Crippen LogP contribution in [0.3, 0.4) is 0 Å². The summed E-state index contributed by atoms with van der Waals surface area (Å²) in [4.78, 5) is 29.0. The molecule has 0 saturated carbocycles. The van der Waals surface area contributed by atoms with Crippen molar-refractivity contribution in [3.63, 3.8) is 0 Å². The van der Waals surface area contributed by atoms with E-state index in [1.165, 1.54) is 0 Å². The van der Waals surface area contributed by atoms with Crippen molar-refractivity contribution in [2.75, 3.05) is 19.7 Å². The molecule has 2 aromatic rings. The minimum absolute atomic E-state index is 0.0602. The zero-order valence-electron chi connectivity index (χ0n) is 14.1. The molecule has 0 unspecified atom stereocenters. The Morgan fingerprint density at radius 3 is 2.81 bits per heavy atom. The number of aromatic nitrogens is 1. The maximum absolute atomic E-state index is 12.4. The predicted octanol–water partition coefficient (Wildman–Crippen LogP) is 2.63. The third-order valence-electron chi connectivity index (χ3n) is 4.13. The highest BCUT2D eigenvalue weighted by Crippen LogP contribution is 2.23. The molecule has 3 rings (SSSR count). The lowest BCUT2D eigenvalue weighted by Gasteiger charge is -2.32. The highest BCUT2D eigenvalue weighted by molar-refractivity contribution is 6.30. The number of carbonyl (C=O) groups excluding carboxylic acids is 1. The molecule has 0 spiro atoms. The Labute approximate surface area is 155 Å². The van der Waals surface area contributed by atoms with E-state index in [9.17, 15) is 9.59 Å². The third-order valence-corrected chi connectivity index (χ3v) is 4.38. The van der Waals surface area contributed by atoms with Crippen molar-refractivity contribution < 1.29 is 23.8 Å². The van der Waals surface area contributed by atoms with Crippen LogP contribution >= 0.6 is 11.6 Å². The molecule has 1 saturated heterocycles. The lowest BCUT2D eigenvalue weighted by molar-refractivity contribution is -0.147. The first-order valence-electron chi connectivity index (χ1n) is 8.33. The number of carbonyl (C=O) groups is 2. The van der Waals surface area contributed by atoms with Gasteiger partial charge in [0, 0.05) is 36.5 Å². The number of amides is 1. The summed E-state index contributed by atoms with van der Waals surface area (Å²) in [7, 11) is 0. The van der Waals surface area contributed by atoms with Crippen LogP contribution < -0.4 is 0 Å². The van der Waals surface area contributed by atoms with Gasteiger partial charge in [0.05, 0.1) is 25.3 Å². The number of halogens is 1. The van der Waals surface area contributed by atoms with Crippen molar-refractivity contribution in [3.8, 4) is 11.3 Å². The van der Waals surface area contributed by atoms with Crippen LogP contribution in [0.2, 0.25) is 5.02 Å². The van der Waals surface area contributed by atoms with Crippen LogP contribution in [0, 0.1) is 0 Å². The number of aliphatic carboxylic acids is 1. The van der Waals surface area contributed by atoms with Gasteiger partial charge < -0.3 is 19.2 Å². The molecule has 0 bridgehead atoms. The lowest BCUT2D eigenvalue weighted by Crippen LogP contribution is -2.46. The summed E-state index contributed by atoms with van der Waals surface area (Å²) >= 11 is 5.87. The summed E-state index contributed by atoms with van der Waals surface area (Å²) in [5.74, 6) is 0.115. The van der Waals surface area contributed by atoms with Gasteiger partial charge >= 0.3 is 5.97 Å². The molecule has 0 radical (unpaired) electrons. The number of hydrogen-bond acceptors (Lipinski definition) is 5. The topological polar surface area (TPSA) is 92.9 Å². The fourth-order valence-electron chi connectivity index (χ4n) is 2.81. The van der Waals surface area contributed by atoms with Crippen LogP contribution in [0.4, 0.5) is 0 Å². The van der Waals surface area contributed by atoms with Crippen molar-refractivity contribution in [3.05, 3.63) is 41.4 Å². The molecule has 26 heavy (non-hydrogen) atoms. The van der Waals surface area contributed by atoms with Gasteiger partial charge in [-0.2, -0.15) is 0 Å². The highest BCUT2D eigenvalue weighted by Gasteiger charge is 2.25. The van der Waals surface area contributed by atoms with Gasteiger partial charge in [-0.3, -0.25) is 9.59 Å². The van der Waals surface area contributed by atoms with Crippen molar-refractivity contribution in [2.24, 2.45) is 0 Å². The molecule has 1 amide bonds. The van der Waals surface area contributed by atoms with Crippen molar-refractivity contribution in [1.82, 2.24) is 9.88 Å². The zero-order chi connectivity index (χ0) is 18.5. The minimum atomic E-state index is -0.932. The average Bonchev–Trinajstić information content (AvgIpc) is 3.09. The van der Waals surface area contributed by atoms with Gasteiger partial charge in [0.15, 0.2) is 11.7 Å². The number of ether oxygens (including phenoxy) is 1. The number of rotatable bonds is 6. The number of morpholine rings is 1. The molecule has 0 aliphatic carbocycles. The Hall–Kier alpha value is -2.38. The molecular formula is C18H19ClN2O5. The largest absolute Gasteiger partial charge is 0.481 e. The number of hydrogen-bond donors (Lipinski definition) is 1. The number of aryl methyl sites for hydroxylation is 1.